The number of nitrogens with one attached hydrogen (secondary N) is 1. The number of fused-ring (bicyclic) bond motifs is 1. The number of aromatic amines is 1. The van der Waals surface area contributed by atoms with Gasteiger partial charge < -0.3 is 0 Å². The summed E-state index contributed by atoms with van der Waals surface area (Å²) in [5.41, 5.74) is 5.68. The standard InChI is InChI=1S/C21H22N4/c1-21(2,3)18-14-19-22-20(24-25(19)23-18)17-11-9-16(10-12-17)13-15-7-5-4-6-8-15/h4-12,14,23H,13H2,1-3H3. The molecule has 4 heteroatoms. The minimum atomic E-state index is 0.0572. The molecule has 0 aliphatic heterocycles. The second-order valence-electron chi connectivity index (χ2n) is 7.48. The zero-order valence-corrected chi connectivity index (χ0v) is 14.8. The Morgan fingerprint density at radius 2 is 1.60 bits per heavy atom. The van der Waals surface area contributed by atoms with Crippen molar-refractivity contribution in [1.82, 2.24) is 19.8 Å². The first kappa shape index (κ1) is 15.6. The van der Waals surface area contributed by atoms with Gasteiger partial charge in [0.15, 0.2) is 11.5 Å². The molecular weight excluding hydrogens is 308 g/mol. The van der Waals surface area contributed by atoms with E-state index in [0.717, 1.165) is 29.1 Å². The van der Waals surface area contributed by atoms with Crippen LogP contribution in [0.3, 0.4) is 0 Å². The summed E-state index contributed by atoms with van der Waals surface area (Å²) in [6.45, 7) is 6.51. The molecule has 0 aliphatic carbocycles. The summed E-state index contributed by atoms with van der Waals surface area (Å²) in [6, 6.07) is 21.1. The molecule has 0 atom stereocenters. The smallest absolute Gasteiger partial charge is 0.183 e. The zero-order chi connectivity index (χ0) is 17.4. The molecule has 0 saturated heterocycles. The molecule has 0 amide bonds. The third kappa shape index (κ3) is 3.20. The van der Waals surface area contributed by atoms with E-state index >= 15 is 0 Å². The van der Waals surface area contributed by atoms with E-state index in [1.54, 1.807) is 4.63 Å². The molecule has 1 N–H and O–H groups in total. The van der Waals surface area contributed by atoms with Gasteiger partial charge in [0.25, 0.3) is 0 Å². The summed E-state index contributed by atoms with van der Waals surface area (Å²) in [4.78, 5) is 4.65. The Hall–Kier alpha value is -2.88. The maximum Gasteiger partial charge on any atom is 0.183 e. The Bertz CT molecular complexity index is 954. The van der Waals surface area contributed by atoms with E-state index in [-0.39, 0.29) is 5.41 Å². The van der Waals surface area contributed by atoms with Gasteiger partial charge >= 0.3 is 0 Å². The first-order valence-corrected chi connectivity index (χ1v) is 8.58. The van der Waals surface area contributed by atoms with Gasteiger partial charge in [0.05, 0.1) is 0 Å². The van der Waals surface area contributed by atoms with Crippen LogP contribution in [0.15, 0.2) is 60.7 Å². The van der Waals surface area contributed by atoms with Crippen molar-refractivity contribution in [2.45, 2.75) is 32.6 Å². The Labute approximate surface area is 147 Å². The Morgan fingerprint density at radius 1 is 0.920 bits per heavy atom. The molecule has 0 bridgehead atoms. The van der Waals surface area contributed by atoms with Gasteiger partial charge in [-0.25, -0.2) is 4.98 Å². The molecule has 4 nitrogen and oxygen atoms in total. The first-order valence-electron chi connectivity index (χ1n) is 8.58. The number of aromatic nitrogens is 4. The number of hydrogen-bond donors (Lipinski definition) is 1. The fraction of sp³-hybridized carbons (Fsp3) is 0.238. The van der Waals surface area contributed by atoms with E-state index in [0.29, 0.717) is 0 Å². The molecule has 0 radical (unpaired) electrons. The molecule has 0 aliphatic rings. The van der Waals surface area contributed by atoms with Crippen molar-refractivity contribution in [2.75, 3.05) is 0 Å². The lowest BCUT2D eigenvalue weighted by Crippen LogP contribution is -2.12. The summed E-state index contributed by atoms with van der Waals surface area (Å²) in [7, 11) is 0. The largest absolute Gasteiger partial charge is 0.280 e. The van der Waals surface area contributed by atoms with Crippen molar-refractivity contribution in [3.63, 3.8) is 0 Å². The van der Waals surface area contributed by atoms with Gasteiger partial charge in [-0.3, -0.25) is 5.10 Å². The summed E-state index contributed by atoms with van der Waals surface area (Å²) >= 11 is 0. The van der Waals surface area contributed by atoms with Crippen LogP contribution < -0.4 is 0 Å². The Morgan fingerprint density at radius 3 is 2.24 bits per heavy atom. The third-order valence-corrected chi connectivity index (χ3v) is 4.40. The number of nitrogens with zero attached hydrogens (tertiary/aromatic N) is 3. The highest BCUT2D eigenvalue weighted by molar-refractivity contribution is 5.59. The van der Waals surface area contributed by atoms with Crippen molar-refractivity contribution in [1.29, 1.82) is 0 Å². The molecule has 25 heavy (non-hydrogen) atoms. The van der Waals surface area contributed by atoms with Crippen molar-refractivity contribution in [3.05, 3.63) is 77.5 Å². The second-order valence-corrected chi connectivity index (χ2v) is 7.48. The number of benzene rings is 2. The normalized spacial score (nSPS) is 12.0. The van der Waals surface area contributed by atoms with Crippen LogP contribution in [0.4, 0.5) is 0 Å². The molecule has 0 unspecified atom stereocenters. The fourth-order valence-corrected chi connectivity index (χ4v) is 2.89. The van der Waals surface area contributed by atoms with Gasteiger partial charge in [-0.05, 0) is 17.5 Å². The highest BCUT2D eigenvalue weighted by atomic mass is 15.5. The second kappa shape index (κ2) is 5.88. The molecule has 0 saturated carbocycles. The van der Waals surface area contributed by atoms with Crippen molar-refractivity contribution < 1.29 is 0 Å². The molecule has 0 spiro atoms. The van der Waals surface area contributed by atoms with Crippen LogP contribution in [-0.2, 0) is 11.8 Å². The topological polar surface area (TPSA) is 46.0 Å². The van der Waals surface area contributed by atoms with Crippen LogP contribution in [0.25, 0.3) is 17.0 Å². The van der Waals surface area contributed by atoms with Gasteiger partial charge in [-0.15, -0.1) is 5.10 Å². The van der Waals surface area contributed by atoms with Crippen LogP contribution >= 0.6 is 0 Å². The minimum absolute atomic E-state index is 0.0572. The number of H-pyrrole nitrogens is 1. The predicted molar refractivity (Wildman–Crippen MR) is 101 cm³/mol. The molecule has 4 rings (SSSR count). The lowest BCUT2D eigenvalue weighted by atomic mass is 9.93. The van der Waals surface area contributed by atoms with E-state index in [4.69, 9.17) is 0 Å². The van der Waals surface area contributed by atoms with Crippen molar-refractivity contribution in [2.24, 2.45) is 0 Å². The average Bonchev–Trinajstić information content (AvgIpc) is 3.15. The van der Waals surface area contributed by atoms with Crippen molar-refractivity contribution in [3.8, 4) is 11.4 Å². The summed E-state index contributed by atoms with van der Waals surface area (Å²) in [5.74, 6) is 0.748. The Balaban J connectivity index is 1.57. The zero-order valence-electron chi connectivity index (χ0n) is 14.8. The molecule has 2 aromatic heterocycles. The summed E-state index contributed by atoms with van der Waals surface area (Å²) < 4.78 is 1.76. The van der Waals surface area contributed by atoms with Crippen molar-refractivity contribution >= 4 is 5.65 Å². The lowest BCUT2D eigenvalue weighted by molar-refractivity contribution is 0.557. The van der Waals surface area contributed by atoms with Gasteiger partial charge in [0, 0.05) is 22.7 Å². The highest BCUT2D eigenvalue weighted by Crippen LogP contribution is 2.23. The highest BCUT2D eigenvalue weighted by Gasteiger charge is 2.18. The van der Waals surface area contributed by atoms with E-state index in [1.165, 1.54) is 11.1 Å². The van der Waals surface area contributed by atoms with Gasteiger partial charge in [-0.2, -0.15) is 4.63 Å². The summed E-state index contributed by atoms with van der Waals surface area (Å²) in [6.07, 6.45) is 0.938. The van der Waals surface area contributed by atoms with E-state index in [2.05, 4.69) is 90.5 Å². The third-order valence-electron chi connectivity index (χ3n) is 4.40. The number of rotatable bonds is 3. The molecule has 2 heterocycles. The van der Waals surface area contributed by atoms with E-state index in [1.807, 2.05) is 6.07 Å². The Kier molecular flexibility index (Phi) is 3.68. The minimum Gasteiger partial charge on any atom is -0.280 e. The predicted octanol–water partition coefficient (Wildman–Crippen LogP) is 4.61. The van der Waals surface area contributed by atoms with Crippen LogP contribution in [0.5, 0.6) is 0 Å². The van der Waals surface area contributed by atoms with Gasteiger partial charge in [-0.1, -0.05) is 75.4 Å². The molecule has 4 aromatic rings. The maximum absolute atomic E-state index is 4.65. The molecular formula is C21H22N4. The fourth-order valence-electron chi connectivity index (χ4n) is 2.89. The SMILES string of the molecule is CC(C)(C)c1cc2nc(-c3ccc(Cc4ccccc4)cc3)nn2[nH]1. The number of hydrogen-bond acceptors (Lipinski definition) is 2. The van der Waals surface area contributed by atoms with E-state index < -0.39 is 0 Å². The average molecular weight is 330 g/mol. The van der Waals surface area contributed by atoms with Crippen LogP contribution in [0.2, 0.25) is 0 Å². The monoisotopic (exact) mass is 330 g/mol. The summed E-state index contributed by atoms with van der Waals surface area (Å²) in [5, 5.41) is 7.89. The van der Waals surface area contributed by atoms with Crippen LogP contribution in [-0.4, -0.2) is 19.8 Å². The quantitative estimate of drug-likeness (QED) is 0.596. The van der Waals surface area contributed by atoms with Crippen LogP contribution in [0.1, 0.15) is 37.6 Å². The van der Waals surface area contributed by atoms with Gasteiger partial charge in [0.1, 0.15) is 0 Å². The maximum atomic E-state index is 4.65. The van der Waals surface area contributed by atoms with Crippen LogP contribution in [0, 0.1) is 0 Å². The lowest BCUT2D eigenvalue weighted by Gasteiger charge is -2.14. The van der Waals surface area contributed by atoms with Gasteiger partial charge in [0.2, 0.25) is 0 Å². The van der Waals surface area contributed by atoms with E-state index in [9.17, 15) is 0 Å². The first-order chi connectivity index (χ1) is 12.0. The molecule has 126 valence electrons. The molecule has 2 aromatic carbocycles. The molecule has 0 fully saturated rings.